The molecule has 3 aromatic rings. The lowest BCUT2D eigenvalue weighted by Gasteiger charge is -2.10. The van der Waals surface area contributed by atoms with Crippen LogP contribution in [0.15, 0.2) is 36.4 Å². The van der Waals surface area contributed by atoms with Gasteiger partial charge in [-0.3, -0.25) is 0 Å². The first-order chi connectivity index (χ1) is 10.1. The molecule has 3 rings (SSSR count). The van der Waals surface area contributed by atoms with Gasteiger partial charge in [-0.25, -0.2) is 4.39 Å². The lowest BCUT2D eigenvalue weighted by molar-refractivity contribution is 0.614. The molecule has 106 valence electrons. The summed E-state index contributed by atoms with van der Waals surface area (Å²) in [5.41, 5.74) is 8.06. The van der Waals surface area contributed by atoms with Gasteiger partial charge in [0.1, 0.15) is 5.82 Å². The van der Waals surface area contributed by atoms with Crippen LogP contribution in [0.2, 0.25) is 5.02 Å². The number of hydrogen-bond acceptors (Lipinski definition) is 4. The molecule has 0 saturated carbocycles. The van der Waals surface area contributed by atoms with Gasteiger partial charge in [0.2, 0.25) is 0 Å². The zero-order valence-electron chi connectivity index (χ0n) is 11.1. The lowest BCUT2D eigenvalue weighted by atomic mass is 10.1. The van der Waals surface area contributed by atoms with Gasteiger partial charge >= 0.3 is 0 Å². The number of nitrogens with two attached hydrogens (primary N) is 1. The maximum atomic E-state index is 13.7. The summed E-state index contributed by atoms with van der Waals surface area (Å²) in [5, 5.41) is 12.1. The quantitative estimate of drug-likeness (QED) is 0.739. The van der Waals surface area contributed by atoms with Crippen molar-refractivity contribution < 1.29 is 4.39 Å². The summed E-state index contributed by atoms with van der Waals surface area (Å²) in [6, 6.07) is 9.78. The number of nitrogen functional groups attached to an aromatic ring is 1. The van der Waals surface area contributed by atoms with Crippen LogP contribution in [0.4, 0.5) is 10.1 Å². The standard InChI is InChI=1S/C14H11ClFN5/c1-8-11(16)3-2-4-13(8)21-14(18-19-20-21)10-6-5-9(15)7-12(10)17/h2-7H,17H2,1H3. The molecule has 0 atom stereocenters. The maximum Gasteiger partial charge on any atom is 0.189 e. The van der Waals surface area contributed by atoms with Crippen molar-refractivity contribution >= 4 is 17.3 Å². The monoisotopic (exact) mass is 303 g/mol. The SMILES string of the molecule is Cc1c(F)cccc1-n1nnnc1-c1ccc(Cl)cc1N. The van der Waals surface area contributed by atoms with E-state index in [0.29, 0.717) is 33.3 Å². The van der Waals surface area contributed by atoms with E-state index in [-0.39, 0.29) is 5.82 Å². The Labute approximate surface area is 125 Å². The molecule has 5 nitrogen and oxygen atoms in total. The van der Waals surface area contributed by atoms with Crippen molar-refractivity contribution in [3.05, 3.63) is 52.8 Å². The molecule has 2 N–H and O–H groups in total. The van der Waals surface area contributed by atoms with Crippen LogP contribution in [0.5, 0.6) is 0 Å². The van der Waals surface area contributed by atoms with Crippen LogP contribution >= 0.6 is 11.6 Å². The number of anilines is 1. The Hall–Kier alpha value is -2.47. The number of aromatic nitrogens is 4. The third-order valence-corrected chi connectivity index (χ3v) is 3.43. The van der Waals surface area contributed by atoms with E-state index >= 15 is 0 Å². The molecule has 1 aromatic heterocycles. The normalized spacial score (nSPS) is 10.8. The molecule has 0 radical (unpaired) electrons. The van der Waals surface area contributed by atoms with Crippen molar-refractivity contribution in [1.29, 1.82) is 0 Å². The van der Waals surface area contributed by atoms with Crippen molar-refractivity contribution in [3.8, 4) is 17.1 Å². The number of tetrazole rings is 1. The molecule has 0 amide bonds. The molecular weight excluding hydrogens is 293 g/mol. The van der Waals surface area contributed by atoms with Crippen molar-refractivity contribution in [1.82, 2.24) is 20.2 Å². The molecule has 0 bridgehead atoms. The number of hydrogen-bond donors (Lipinski definition) is 1. The molecule has 0 unspecified atom stereocenters. The van der Waals surface area contributed by atoms with Crippen LogP contribution in [0.3, 0.4) is 0 Å². The topological polar surface area (TPSA) is 69.6 Å². The zero-order chi connectivity index (χ0) is 15.0. The summed E-state index contributed by atoms with van der Waals surface area (Å²) in [4.78, 5) is 0. The van der Waals surface area contributed by atoms with Crippen LogP contribution in [0.25, 0.3) is 17.1 Å². The van der Waals surface area contributed by atoms with Crippen molar-refractivity contribution in [2.45, 2.75) is 6.92 Å². The van der Waals surface area contributed by atoms with Gasteiger partial charge in [-0.15, -0.1) is 5.10 Å². The molecule has 0 spiro atoms. The summed E-state index contributed by atoms with van der Waals surface area (Å²) in [6.07, 6.45) is 0. The number of nitrogens with zero attached hydrogens (tertiary/aromatic N) is 4. The van der Waals surface area contributed by atoms with Gasteiger partial charge in [-0.05, 0) is 47.7 Å². The molecule has 0 aliphatic rings. The van der Waals surface area contributed by atoms with E-state index < -0.39 is 0 Å². The Kier molecular flexibility index (Phi) is 3.31. The van der Waals surface area contributed by atoms with Gasteiger partial charge in [0, 0.05) is 21.8 Å². The van der Waals surface area contributed by atoms with Crippen LogP contribution in [-0.4, -0.2) is 20.2 Å². The highest BCUT2D eigenvalue weighted by Crippen LogP contribution is 2.28. The van der Waals surface area contributed by atoms with Crippen LogP contribution in [0, 0.1) is 12.7 Å². The second-order valence-corrected chi connectivity index (χ2v) is 4.97. The highest BCUT2D eigenvalue weighted by atomic mass is 35.5. The second kappa shape index (κ2) is 5.14. The van der Waals surface area contributed by atoms with Crippen LogP contribution in [0.1, 0.15) is 5.56 Å². The number of halogens is 2. The molecular formula is C14H11ClFN5. The number of benzene rings is 2. The summed E-state index contributed by atoms with van der Waals surface area (Å²) >= 11 is 5.89. The third-order valence-electron chi connectivity index (χ3n) is 3.19. The third kappa shape index (κ3) is 2.34. The van der Waals surface area contributed by atoms with Gasteiger partial charge in [0.15, 0.2) is 5.82 Å². The Morgan fingerprint density at radius 1 is 1.24 bits per heavy atom. The van der Waals surface area contributed by atoms with Gasteiger partial charge in [-0.2, -0.15) is 4.68 Å². The Bertz CT molecular complexity index is 815. The highest BCUT2D eigenvalue weighted by molar-refractivity contribution is 6.31. The Morgan fingerprint density at radius 2 is 2.05 bits per heavy atom. The second-order valence-electron chi connectivity index (χ2n) is 4.53. The summed E-state index contributed by atoms with van der Waals surface area (Å²) < 4.78 is 15.2. The molecule has 1 heterocycles. The minimum Gasteiger partial charge on any atom is -0.398 e. The molecule has 0 saturated heterocycles. The largest absolute Gasteiger partial charge is 0.398 e. The predicted octanol–water partition coefficient (Wildman–Crippen LogP) is 3.01. The van der Waals surface area contributed by atoms with Crippen molar-refractivity contribution in [2.24, 2.45) is 0 Å². The molecule has 0 aliphatic heterocycles. The average molecular weight is 304 g/mol. The van der Waals surface area contributed by atoms with Crippen molar-refractivity contribution in [3.63, 3.8) is 0 Å². The molecule has 2 aromatic carbocycles. The van der Waals surface area contributed by atoms with E-state index in [1.165, 1.54) is 10.7 Å². The van der Waals surface area contributed by atoms with E-state index in [1.807, 2.05) is 0 Å². The average Bonchev–Trinajstić information content (AvgIpc) is 2.91. The minimum atomic E-state index is -0.321. The molecule has 0 fully saturated rings. The summed E-state index contributed by atoms with van der Waals surface area (Å²) in [7, 11) is 0. The molecule has 7 heteroatoms. The summed E-state index contributed by atoms with van der Waals surface area (Å²) in [5.74, 6) is 0.107. The van der Waals surface area contributed by atoms with Gasteiger partial charge < -0.3 is 5.73 Å². The highest BCUT2D eigenvalue weighted by Gasteiger charge is 2.16. The lowest BCUT2D eigenvalue weighted by Crippen LogP contribution is -2.04. The fourth-order valence-corrected chi connectivity index (χ4v) is 2.26. The van der Waals surface area contributed by atoms with E-state index in [1.54, 1.807) is 37.3 Å². The number of rotatable bonds is 2. The van der Waals surface area contributed by atoms with Crippen LogP contribution in [-0.2, 0) is 0 Å². The molecule has 21 heavy (non-hydrogen) atoms. The fraction of sp³-hybridized carbons (Fsp3) is 0.0714. The summed E-state index contributed by atoms with van der Waals surface area (Å²) in [6.45, 7) is 1.67. The van der Waals surface area contributed by atoms with E-state index in [9.17, 15) is 4.39 Å². The predicted molar refractivity (Wildman–Crippen MR) is 78.7 cm³/mol. The zero-order valence-corrected chi connectivity index (χ0v) is 11.8. The Morgan fingerprint density at radius 3 is 2.81 bits per heavy atom. The first kappa shape index (κ1) is 13.5. The minimum absolute atomic E-state index is 0.321. The first-order valence-corrected chi connectivity index (χ1v) is 6.55. The maximum absolute atomic E-state index is 13.7. The first-order valence-electron chi connectivity index (χ1n) is 6.17. The van der Waals surface area contributed by atoms with Crippen molar-refractivity contribution in [2.75, 3.05) is 5.73 Å². The fourth-order valence-electron chi connectivity index (χ4n) is 2.08. The van der Waals surface area contributed by atoms with Gasteiger partial charge in [0.05, 0.1) is 5.69 Å². The molecule has 0 aliphatic carbocycles. The van der Waals surface area contributed by atoms with Gasteiger partial charge in [0.25, 0.3) is 0 Å². The van der Waals surface area contributed by atoms with E-state index in [4.69, 9.17) is 17.3 Å². The van der Waals surface area contributed by atoms with Gasteiger partial charge in [-0.1, -0.05) is 17.7 Å². The smallest absolute Gasteiger partial charge is 0.189 e. The van der Waals surface area contributed by atoms with Crippen LogP contribution < -0.4 is 5.73 Å². The Balaban J connectivity index is 2.20. The van der Waals surface area contributed by atoms with E-state index in [2.05, 4.69) is 15.5 Å². The van der Waals surface area contributed by atoms with E-state index in [0.717, 1.165) is 0 Å².